The van der Waals surface area contributed by atoms with Gasteiger partial charge < -0.3 is 9.64 Å². The quantitative estimate of drug-likeness (QED) is 0.379. The van der Waals surface area contributed by atoms with Crippen molar-refractivity contribution in [3.63, 3.8) is 0 Å². The molecule has 0 unspecified atom stereocenters. The van der Waals surface area contributed by atoms with Crippen LogP contribution in [0.2, 0.25) is 5.02 Å². The van der Waals surface area contributed by atoms with Gasteiger partial charge in [0, 0.05) is 54.3 Å². The summed E-state index contributed by atoms with van der Waals surface area (Å²) in [4.78, 5) is 21.4. The van der Waals surface area contributed by atoms with Gasteiger partial charge in [0.2, 0.25) is 10.0 Å². The molecule has 8 rings (SSSR count). The smallest absolute Gasteiger partial charge is 0.264 e. The zero-order chi connectivity index (χ0) is 34.8. The van der Waals surface area contributed by atoms with Gasteiger partial charge in [-0.1, -0.05) is 31.0 Å². The van der Waals surface area contributed by atoms with Crippen molar-refractivity contribution < 1.29 is 17.9 Å². The molecule has 2 spiro atoms. The van der Waals surface area contributed by atoms with E-state index in [0.717, 1.165) is 74.6 Å². The molecule has 0 radical (unpaired) electrons. The number of carbonyl (C=O) groups is 1. The number of halogens is 1. The number of anilines is 1. The van der Waals surface area contributed by atoms with E-state index in [1.807, 2.05) is 25.1 Å². The Morgan fingerprint density at radius 3 is 2.58 bits per heavy atom. The Balaban J connectivity index is 1.14. The van der Waals surface area contributed by atoms with Crippen molar-refractivity contribution in [3.8, 4) is 5.75 Å². The van der Waals surface area contributed by atoms with Gasteiger partial charge in [0.05, 0.1) is 17.5 Å². The van der Waals surface area contributed by atoms with Gasteiger partial charge in [-0.15, -0.1) is 0 Å². The number of carbonyl (C=O) groups excluding carboxylic acids is 1. The average molecular weight is 723 g/mol. The summed E-state index contributed by atoms with van der Waals surface area (Å²) in [5.74, 6) is 1.92. The van der Waals surface area contributed by atoms with E-state index in [-0.39, 0.29) is 11.3 Å². The van der Waals surface area contributed by atoms with E-state index in [4.69, 9.17) is 16.3 Å². The minimum absolute atomic E-state index is 0.0501. The molecule has 4 heterocycles. The van der Waals surface area contributed by atoms with Gasteiger partial charge in [-0.3, -0.25) is 14.6 Å². The summed E-state index contributed by atoms with van der Waals surface area (Å²) < 4.78 is 36.2. The highest BCUT2D eigenvalue weighted by atomic mass is 35.5. The van der Waals surface area contributed by atoms with Gasteiger partial charge in [0.25, 0.3) is 5.91 Å². The zero-order valence-electron chi connectivity index (χ0n) is 30.1. The Kier molecular flexibility index (Phi) is 9.21. The van der Waals surface area contributed by atoms with E-state index in [1.54, 1.807) is 13.0 Å². The highest BCUT2D eigenvalue weighted by Gasteiger charge is 2.50. The maximum Gasteiger partial charge on any atom is 0.264 e. The van der Waals surface area contributed by atoms with Crippen LogP contribution < -0.4 is 14.4 Å². The lowest BCUT2D eigenvalue weighted by atomic mass is 9.64. The molecule has 50 heavy (non-hydrogen) atoms. The van der Waals surface area contributed by atoms with Crippen LogP contribution in [0.25, 0.3) is 0 Å². The summed E-state index contributed by atoms with van der Waals surface area (Å²) in [7, 11) is -1.56. The lowest BCUT2D eigenvalue weighted by Gasteiger charge is -2.54. The van der Waals surface area contributed by atoms with Crippen LogP contribution in [0.4, 0.5) is 5.69 Å². The molecule has 1 amide bonds. The number of benzene rings is 2. The van der Waals surface area contributed by atoms with Gasteiger partial charge in [0.15, 0.2) is 0 Å². The number of sulfonamides is 1. The predicted molar refractivity (Wildman–Crippen MR) is 200 cm³/mol. The second kappa shape index (κ2) is 13.3. The van der Waals surface area contributed by atoms with Gasteiger partial charge >= 0.3 is 0 Å². The lowest BCUT2D eigenvalue weighted by molar-refractivity contribution is -0.0413. The first-order valence-corrected chi connectivity index (χ1v) is 21.2. The summed E-state index contributed by atoms with van der Waals surface area (Å²) in [5.41, 5.74) is 4.06. The van der Waals surface area contributed by atoms with Crippen LogP contribution >= 0.6 is 11.6 Å². The number of nitrogens with zero attached hydrogens (tertiary/aromatic N) is 3. The van der Waals surface area contributed by atoms with E-state index in [9.17, 15) is 13.2 Å². The molecular formula is C40H55ClN4O4S. The fourth-order valence-electron chi connectivity index (χ4n) is 10.7. The van der Waals surface area contributed by atoms with Crippen LogP contribution in [0.5, 0.6) is 5.75 Å². The molecule has 1 saturated carbocycles. The van der Waals surface area contributed by atoms with Crippen molar-refractivity contribution in [2.75, 3.05) is 57.8 Å². The third-order valence-electron chi connectivity index (χ3n) is 14.1. The van der Waals surface area contributed by atoms with Gasteiger partial charge in [0.1, 0.15) is 5.75 Å². The monoisotopic (exact) mass is 722 g/mol. The van der Waals surface area contributed by atoms with Gasteiger partial charge in [-0.2, -0.15) is 0 Å². The highest BCUT2D eigenvalue weighted by Crippen LogP contribution is 2.49. The molecular weight excluding hydrogens is 668 g/mol. The first-order chi connectivity index (χ1) is 24.0. The minimum Gasteiger partial charge on any atom is -0.490 e. The van der Waals surface area contributed by atoms with Crippen LogP contribution in [-0.4, -0.2) is 87.8 Å². The number of likely N-dealkylation sites (tertiary alicyclic amines) is 2. The van der Waals surface area contributed by atoms with Crippen molar-refractivity contribution in [2.45, 2.75) is 94.3 Å². The average Bonchev–Trinajstić information content (AvgIpc) is 3.37. The topological polar surface area (TPSA) is 82.2 Å². The van der Waals surface area contributed by atoms with E-state index in [0.29, 0.717) is 35.5 Å². The number of fused-ring (bicyclic) bond motifs is 4. The van der Waals surface area contributed by atoms with E-state index < -0.39 is 21.2 Å². The predicted octanol–water partition coefficient (Wildman–Crippen LogP) is 6.50. The number of aryl methyl sites for hydroxylation is 1. The summed E-state index contributed by atoms with van der Waals surface area (Å²) in [6.45, 7) is 10.7. The van der Waals surface area contributed by atoms with Crippen molar-refractivity contribution in [1.29, 1.82) is 0 Å². The van der Waals surface area contributed by atoms with Crippen LogP contribution in [0.3, 0.4) is 0 Å². The number of hydrogen-bond donors (Lipinski definition) is 1. The molecule has 2 aromatic carbocycles. The molecule has 2 saturated heterocycles. The van der Waals surface area contributed by atoms with Crippen molar-refractivity contribution in [2.24, 2.45) is 23.7 Å². The Morgan fingerprint density at radius 1 is 0.980 bits per heavy atom. The van der Waals surface area contributed by atoms with E-state index in [1.165, 1.54) is 56.4 Å². The van der Waals surface area contributed by atoms with Crippen LogP contribution in [0, 0.1) is 23.7 Å². The second-order valence-corrected chi connectivity index (χ2v) is 19.5. The normalized spacial score (nSPS) is 34.1. The van der Waals surface area contributed by atoms with Gasteiger partial charge in [-0.05, 0) is 143 Å². The highest BCUT2D eigenvalue weighted by molar-refractivity contribution is 7.90. The molecule has 8 nitrogen and oxygen atoms in total. The summed E-state index contributed by atoms with van der Waals surface area (Å²) in [5, 5.41) is 0.108. The van der Waals surface area contributed by atoms with Crippen molar-refractivity contribution >= 4 is 33.2 Å². The Bertz CT molecular complexity index is 1730. The van der Waals surface area contributed by atoms with Crippen LogP contribution in [0.15, 0.2) is 36.4 Å². The Morgan fingerprint density at radius 2 is 1.82 bits per heavy atom. The van der Waals surface area contributed by atoms with Gasteiger partial charge in [-0.25, -0.2) is 13.1 Å². The molecule has 272 valence electrons. The van der Waals surface area contributed by atoms with Crippen LogP contribution in [-0.2, 0) is 21.9 Å². The number of rotatable bonds is 2. The maximum absolute atomic E-state index is 13.6. The largest absolute Gasteiger partial charge is 0.490 e. The number of ether oxygens (including phenoxy) is 1. The third kappa shape index (κ3) is 6.26. The summed E-state index contributed by atoms with van der Waals surface area (Å²) in [6.07, 6.45) is 11.2. The maximum atomic E-state index is 13.6. The lowest BCUT2D eigenvalue weighted by Crippen LogP contribution is -2.67. The van der Waals surface area contributed by atoms with Crippen molar-refractivity contribution in [3.05, 3.63) is 58.1 Å². The fourth-order valence-corrected chi connectivity index (χ4v) is 12.2. The zero-order valence-corrected chi connectivity index (χ0v) is 31.7. The third-order valence-corrected chi connectivity index (χ3v) is 16.2. The molecule has 1 N–H and O–H groups in total. The first kappa shape index (κ1) is 34.7. The number of nitrogens with one attached hydrogen (secondary N) is 1. The number of amides is 1. The molecule has 4 aliphatic heterocycles. The minimum atomic E-state index is -3.86. The summed E-state index contributed by atoms with van der Waals surface area (Å²) in [6, 6.07) is 11.8. The molecule has 0 aromatic heterocycles. The standard InChI is InChI=1S/C40H55ClN4O4S/c1-27-7-4-8-31(21-44-24-40(25-44)17-6-18-43(40)3)34-13-10-32(34)22-45-23-39(16-5-9-29-19-33(41)12-14-35(29)39)26-49-37-15-11-30(20-36(37)45)38(46)42-50(47,48)28(27)2/h11-12,14-15,19-20,27-28,31-32,34H,4-10,13,16-18,21-26H2,1-3H3,(H,42,46)/t27-,28+,31-,32-,34-,39-/m0/s1. The fraction of sp³-hybridized carbons (Fsp3) is 0.675. The number of hydrogen-bond acceptors (Lipinski definition) is 7. The molecule has 6 atom stereocenters. The molecule has 2 aromatic rings. The number of likely N-dealkylation sites (N-methyl/N-ethyl adjacent to an activating group) is 1. The molecule has 2 bridgehead atoms. The summed E-state index contributed by atoms with van der Waals surface area (Å²) >= 11 is 6.49. The van der Waals surface area contributed by atoms with Crippen LogP contribution in [0.1, 0.15) is 93.1 Å². The SMILES string of the molecule is C[C@@H]1[C@@H](C)CCC[C@@H](CN2CC3(CCCN3C)C2)[C@@H]2CC[C@H]2CN2C[C@@]3(CCCc4cc(Cl)ccc43)COc3ccc(cc32)C(=O)NS1(=O)=O. The Hall–Kier alpha value is -2.33. The molecule has 10 heteroatoms. The Labute approximate surface area is 304 Å². The van der Waals surface area contributed by atoms with Crippen molar-refractivity contribution in [1.82, 2.24) is 14.5 Å². The van der Waals surface area contributed by atoms with E-state index >= 15 is 0 Å². The first-order valence-electron chi connectivity index (χ1n) is 19.3. The second-order valence-electron chi connectivity index (χ2n) is 17.1. The molecule has 3 fully saturated rings. The van der Waals surface area contributed by atoms with E-state index in [2.05, 4.69) is 38.6 Å². The molecule has 6 aliphatic rings. The molecule has 2 aliphatic carbocycles.